The van der Waals surface area contributed by atoms with Gasteiger partial charge in [-0.15, -0.1) is 0 Å². The number of benzene rings is 2. The summed E-state index contributed by atoms with van der Waals surface area (Å²) in [7, 11) is 1.55. The summed E-state index contributed by atoms with van der Waals surface area (Å²) in [5, 5.41) is 20.4. The maximum atomic E-state index is 14.8. The molecule has 11 heteroatoms. The summed E-state index contributed by atoms with van der Waals surface area (Å²) in [4.78, 5) is 20.8. The fourth-order valence-corrected chi connectivity index (χ4v) is 5.34. The first-order valence-corrected chi connectivity index (χ1v) is 12.2. The number of halogens is 2. The number of carbonyl (C=O) groups excluding carboxylic acids is 1. The molecule has 2 aromatic carbocycles. The highest BCUT2D eigenvalue weighted by molar-refractivity contribution is 8.15. The van der Waals surface area contributed by atoms with E-state index in [0.29, 0.717) is 25.3 Å². The lowest BCUT2D eigenvalue weighted by Crippen LogP contribution is -2.42. The van der Waals surface area contributed by atoms with Crippen LogP contribution in [-0.4, -0.2) is 40.5 Å². The van der Waals surface area contributed by atoms with Crippen LogP contribution < -0.4 is 10.6 Å². The Labute approximate surface area is 217 Å². The zero-order valence-electron chi connectivity index (χ0n) is 19.9. The minimum atomic E-state index is -1.07. The second-order valence-electron chi connectivity index (χ2n) is 7.95. The van der Waals surface area contributed by atoms with E-state index in [9.17, 15) is 13.6 Å². The van der Waals surface area contributed by atoms with Gasteiger partial charge in [0, 0.05) is 25.4 Å². The number of nitriles is 1. The Kier molecular flexibility index (Phi) is 8.10. The van der Waals surface area contributed by atoms with Crippen molar-refractivity contribution in [2.75, 3.05) is 13.6 Å². The zero-order valence-corrected chi connectivity index (χ0v) is 20.7. The van der Waals surface area contributed by atoms with Crippen LogP contribution >= 0.6 is 11.8 Å². The topological polar surface area (TPSA) is 106 Å². The highest BCUT2D eigenvalue weighted by Crippen LogP contribution is 2.51. The molecule has 8 nitrogen and oxygen atoms in total. The van der Waals surface area contributed by atoms with Gasteiger partial charge in [0.1, 0.15) is 27.2 Å². The number of hydrogen-bond donors (Lipinski definition) is 2. The number of hydrogen-bond acceptors (Lipinski definition) is 6. The van der Waals surface area contributed by atoms with Crippen molar-refractivity contribution in [1.82, 2.24) is 20.6 Å². The first-order valence-electron chi connectivity index (χ1n) is 11.4. The molecule has 1 atom stereocenters. The number of amides is 1. The SMILES string of the molecule is CN=C(NC#N)NCCCC1(c2ccccc2)SC(c2cc(F)ccc2F)=NN1C(=O)c1ccccn1. The molecule has 188 valence electrons. The molecule has 0 saturated carbocycles. The number of nitrogens with one attached hydrogen (secondary N) is 2. The first kappa shape index (κ1) is 25.8. The molecule has 1 aliphatic rings. The lowest BCUT2D eigenvalue weighted by molar-refractivity contribution is 0.0631. The van der Waals surface area contributed by atoms with Gasteiger partial charge < -0.3 is 5.32 Å². The molecule has 0 spiro atoms. The molecule has 0 saturated heterocycles. The highest BCUT2D eigenvalue weighted by atomic mass is 32.2. The van der Waals surface area contributed by atoms with Gasteiger partial charge in [-0.3, -0.25) is 20.1 Å². The lowest BCUT2D eigenvalue weighted by atomic mass is 10.00. The second-order valence-corrected chi connectivity index (χ2v) is 9.22. The van der Waals surface area contributed by atoms with Crippen molar-refractivity contribution in [1.29, 1.82) is 5.26 Å². The Morgan fingerprint density at radius 1 is 1.16 bits per heavy atom. The largest absolute Gasteiger partial charge is 0.356 e. The molecule has 1 aromatic heterocycles. The molecular formula is C26H23F2N7OS. The molecule has 3 aromatic rings. The van der Waals surface area contributed by atoms with E-state index in [1.807, 2.05) is 36.5 Å². The quantitative estimate of drug-likeness (QED) is 0.159. The van der Waals surface area contributed by atoms with Crippen LogP contribution in [0.3, 0.4) is 0 Å². The van der Waals surface area contributed by atoms with Gasteiger partial charge in [-0.25, -0.2) is 13.8 Å². The molecule has 1 amide bonds. The van der Waals surface area contributed by atoms with Crippen molar-refractivity contribution in [3.8, 4) is 6.19 Å². The van der Waals surface area contributed by atoms with Crippen LogP contribution in [0.4, 0.5) is 8.78 Å². The normalized spacial score (nSPS) is 17.2. The second kappa shape index (κ2) is 11.6. The van der Waals surface area contributed by atoms with Crippen LogP contribution in [0.2, 0.25) is 0 Å². The maximum absolute atomic E-state index is 14.8. The van der Waals surface area contributed by atoms with E-state index in [1.165, 1.54) is 23.0 Å². The zero-order chi connectivity index (χ0) is 26.3. The van der Waals surface area contributed by atoms with Crippen LogP contribution in [0.5, 0.6) is 0 Å². The van der Waals surface area contributed by atoms with Crippen molar-refractivity contribution in [2.45, 2.75) is 17.7 Å². The number of pyridine rings is 1. The van der Waals surface area contributed by atoms with Crippen molar-refractivity contribution in [3.05, 3.63) is 101 Å². The van der Waals surface area contributed by atoms with Gasteiger partial charge >= 0.3 is 0 Å². The average molecular weight is 520 g/mol. The fourth-order valence-electron chi connectivity index (χ4n) is 3.92. The molecular weight excluding hydrogens is 496 g/mol. The van der Waals surface area contributed by atoms with Gasteiger partial charge in [0.2, 0.25) is 5.96 Å². The summed E-state index contributed by atoms with van der Waals surface area (Å²) >= 11 is 1.19. The number of guanidine groups is 1. The third kappa shape index (κ3) is 5.59. The Bertz CT molecular complexity index is 1360. The van der Waals surface area contributed by atoms with E-state index in [2.05, 4.69) is 25.7 Å². The number of rotatable bonds is 7. The Hall–Kier alpha value is -4.30. The van der Waals surface area contributed by atoms with Crippen molar-refractivity contribution in [3.63, 3.8) is 0 Å². The van der Waals surface area contributed by atoms with Gasteiger partial charge in [0.05, 0.1) is 0 Å². The molecule has 0 radical (unpaired) electrons. The van der Waals surface area contributed by atoms with Gasteiger partial charge in [0.15, 0.2) is 6.19 Å². The van der Waals surface area contributed by atoms with E-state index in [0.717, 1.165) is 23.8 Å². The van der Waals surface area contributed by atoms with E-state index < -0.39 is 22.4 Å². The fraction of sp³-hybridized carbons (Fsp3) is 0.192. The first-order chi connectivity index (χ1) is 18.0. The predicted octanol–water partition coefficient (Wildman–Crippen LogP) is 4.19. The molecule has 1 aliphatic heterocycles. The highest BCUT2D eigenvalue weighted by Gasteiger charge is 2.49. The Balaban J connectivity index is 1.75. The molecule has 2 N–H and O–H groups in total. The predicted molar refractivity (Wildman–Crippen MR) is 138 cm³/mol. The third-order valence-corrected chi connectivity index (χ3v) is 7.09. The van der Waals surface area contributed by atoms with E-state index >= 15 is 0 Å². The number of aliphatic imine (C=N–C) groups is 1. The maximum Gasteiger partial charge on any atom is 0.294 e. The van der Waals surface area contributed by atoms with E-state index in [1.54, 1.807) is 25.2 Å². The van der Waals surface area contributed by atoms with Crippen LogP contribution in [0.25, 0.3) is 0 Å². The monoisotopic (exact) mass is 519 g/mol. The van der Waals surface area contributed by atoms with Crippen LogP contribution in [-0.2, 0) is 4.87 Å². The Morgan fingerprint density at radius 2 is 1.95 bits per heavy atom. The standard InChI is InChI=1S/C26H23F2N7OS/c1-30-25(33-17-29)32-15-7-13-26(18-8-3-2-4-9-18)35(24(36)22-10-5-6-14-31-22)34-23(37-26)20-16-19(27)11-12-21(20)28/h2-6,8-12,14,16H,7,13,15H2,1H3,(H2,30,32,33). The number of carbonyl (C=O) groups is 1. The van der Waals surface area contributed by atoms with Gasteiger partial charge in [-0.2, -0.15) is 10.4 Å². The van der Waals surface area contributed by atoms with Gasteiger partial charge in [0.25, 0.3) is 5.91 Å². The van der Waals surface area contributed by atoms with Crippen molar-refractivity contribution >= 4 is 28.7 Å². The van der Waals surface area contributed by atoms with Gasteiger partial charge in [-0.05, 0) is 48.7 Å². The summed E-state index contributed by atoms with van der Waals surface area (Å²) in [5.74, 6) is -1.41. The summed E-state index contributed by atoms with van der Waals surface area (Å²) in [6.07, 6.45) is 4.24. The molecule has 0 aliphatic carbocycles. The average Bonchev–Trinajstić information content (AvgIpc) is 3.32. The smallest absolute Gasteiger partial charge is 0.294 e. The molecule has 4 rings (SSSR count). The summed E-state index contributed by atoms with van der Waals surface area (Å²) in [5.41, 5.74) is 0.905. The number of thioether (sulfide) groups is 1. The summed E-state index contributed by atoms with van der Waals surface area (Å²) in [6, 6.07) is 17.4. The van der Waals surface area contributed by atoms with E-state index in [-0.39, 0.29) is 16.3 Å². The molecule has 0 bridgehead atoms. The van der Waals surface area contributed by atoms with E-state index in [4.69, 9.17) is 5.26 Å². The molecule has 0 fully saturated rings. The molecule has 37 heavy (non-hydrogen) atoms. The van der Waals surface area contributed by atoms with Crippen LogP contribution in [0, 0.1) is 23.1 Å². The Morgan fingerprint density at radius 3 is 2.65 bits per heavy atom. The minimum Gasteiger partial charge on any atom is -0.356 e. The summed E-state index contributed by atoms with van der Waals surface area (Å²) in [6.45, 7) is 0.422. The number of hydrazone groups is 1. The van der Waals surface area contributed by atoms with Crippen LogP contribution in [0.15, 0.2) is 83.0 Å². The molecule has 2 heterocycles. The number of nitrogens with zero attached hydrogens (tertiary/aromatic N) is 5. The van der Waals surface area contributed by atoms with Crippen molar-refractivity contribution < 1.29 is 13.6 Å². The minimum absolute atomic E-state index is 0.0293. The lowest BCUT2D eigenvalue weighted by Gasteiger charge is -2.36. The van der Waals surface area contributed by atoms with Crippen molar-refractivity contribution in [2.24, 2.45) is 10.1 Å². The summed E-state index contributed by atoms with van der Waals surface area (Å²) < 4.78 is 28.9. The van der Waals surface area contributed by atoms with Crippen LogP contribution in [0.1, 0.15) is 34.5 Å². The number of aromatic nitrogens is 1. The molecule has 1 unspecified atom stereocenters. The third-order valence-electron chi connectivity index (χ3n) is 5.64. The van der Waals surface area contributed by atoms with Gasteiger partial charge in [-0.1, -0.05) is 48.2 Å².